The van der Waals surface area contributed by atoms with Gasteiger partial charge >= 0.3 is 17.9 Å². The third-order valence-electron chi connectivity index (χ3n) is 10.5. The standard InChI is InChI=1S/C32H44O9/c1-9-17(3)27(35)40-16-29(8)25-23-12-22(15-39-21(7)33)14-30(37)24(11-19(5)26(30)34)32(23,38)20(6)13-31(25,29)41-28(36)18(4)10-2/h10-12,17,20,23-25,37-38H,9,13-16H2,1-8H3/t17?,20-,23+,24-,25-,29-,30-,31+,32-/m1/s1. The van der Waals surface area contributed by atoms with Crippen LogP contribution < -0.4 is 0 Å². The number of aliphatic hydroxyl groups is 2. The Bertz CT molecular complexity index is 1250. The largest absolute Gasteiger partial charge is 0.465 e. The summed E-state index contributed by atoms with van der Waals surface area (Å²) in [7, 11) is 0. The fraction of sp³-hybridized carbons (Fsp3) is 0.688. The van der Waals surface area contributed by atoms with Gasteiger partial charge in [-0.2, -0.15) is 0 Å². The molecule has 4 rings (SSSR count). The van der Waals surface area contributed by atoms with Crippen molar-refractivity contribution < 1.29 is 43.6 Å². The molecule has 9 nitrogen and oxygen atoms in total. The van der Waals surface area contributed by atoms with Crippen molar-refractivity contribution in [3.63, 3.8) is 0 Å². The summed E-state index contributed by atoms with van der Waals surface area (Å²) in [6.45, 7) is 13.5. The van der Waals surface area contributed by atoms with Crippen molar-refractivity contribution in [1.29, 1.82) is 0 Å². The fourth-order valence-corrected chi connectivity index (χ4v) is 7.70. The molecule has 0 aromatic heterocycles. The molecule has 0 heterocycles. The molecular formula is C32H44O9. The highest BCUT2D eigenvalue weighted by Gasteiger charge is 2.85. The van der Waals surface area contributed by atoms with Crippen molar-refractivity contribution in [3.8, 4) is 0 Å². The van der Waals surface area contributed by atoms with Crippen LogP contribution in [0.25, 0.3) is 0 Å². The maximum atomic E-state index is 13.3. The van der Waals surface area contributed by atoms with Crippen LogP contribution in [-0.4, -0.2) is 63.9 Å². The number of hydrogen-bond donors (Lipinski definition) is 2. The summed E-state index contributed by atoms with van der Waals surface area (Å²) in [5, 5.41) is 24.6. The number of fused-ring (bicyclic) bond motifs is 5. The van der Waals surface area contributed by atoms with Crippen LogP contribution in [0.4, 0.5) is 0 Å². The molecule has 0 amide bonds. The predicted octanol–water partition coefficient (Wildman–Crippen LogP) is 3.62. The minimum Gasteiger partial charge on any atom is -0.465 e. The molecule has 0 bridgehead atoms. The number of ether oxygens (including phenoxy) is 3. The molecule has 9 heteroatoms. The smallest absolute Gasteiger partial charge is 0.333 e. The molecule has 0 aliphatic heterocycles. The second-order valence-corrected chi connectivity index (χ2v) is 12.9. The van der Waals surface area contributed by atoms with Crippen LogP contribution in [0.5, 0.6) is 0 Å². The van der Waals surface area contributed by atoms with Gasteiger partial charge in [-0.15, -0.1) is 0 Å². The number of esters is 3. The molecular weight excluding hydrogens is 528 g/mol. The van der Waals surface area contributed by atoms with Gasteiger partial charge in [-0.05, 0) is 50.7 Å². The summed E-state index contributed by atoms with van der Waals surface area (Å²) < 4.78 is 17.4. The van der Waals surface area contributed by atoms with Crippen LogP contribution in [0, 0.1) is 35.0 Å². The molecule has 2 fully saturated rings. The van der Waals surface area contributed by atoms with E-state index in [9.17, 15) is 29.4 Å². The predicted molar refractivity (Wildman–Crippen MR) is 149 cm³/mol. The second-order valence-electron chi connectivity index (χ2n) is 12.9. The van der Waals surface area contributed by atoms with Crippen molar-refractivity contribution in [1.82, 2.24) is 0 Å². The minimum absolute atomic E-state index is 0.0296. The van der Waals surface area contributed by atoms with E-state index in [1.807, 2.05) is 20.8 Å². The number of hydrogen-bond acceptors (Lipinski definition) is 9. The Balaban J connectivity index is 1.86. The summed E-state index contributed by atoms with van der Waals surface area (Å²) in [6, 6.07) is 0. The molecule has 2 N–H and O–H groups in total. The molecule has 4 aliphatic rings. The molecule has 0 saturated heterocycles. The summed E-state index contributed by atoms with van der Waals surface area (Å²) >= 11 is 0. The lowest BCUT2D eigenvalue weighted by Crippen LogP contribution is -2.61. The highest BCUT2D eigenvalue weighted by molar-refractivity contribution is 6.04. The van der Waals surface area contributed by atoms with E-state index in [4.69, 9.17) is 14.2 Å². The van der Waals surface area contributed by atoms with Crippen LogP contribution in [0.1, 0.15) is 74.7 Å². The first-order chi connectivity index (χ1) is 19.0. The average molecular weight is 573 g/mol. The maximum Gasteiger partial charge on any atom is 0.333 e. The number of Topliss-reactive ketones (excluding diaryl/α,β-unsaturated/α-hetero) is 1. The molecule has 41 heavy (non-hydrogen) atoms. The Morgan fingerprint density at radius 1 is 1.17 bits per heavy atom. The van der Waals surface area contributed by atoms with E-state index in [1.54, 1.807) is 45.9 Å². The van der Waals surface area contributed by atoms with E-state index in [1.165, 1.54) is 6.92 Å². The van der Waals surface area contributed by atoms with Gasteiger partial charge in [0.25, 0.3) is 0 Å². The molecule has 226 valence electrons. The van der Waals surface area contributed by atoms with Gasteiger partial charge in [0.05, 0.1) is 11.5 Å². The van der Waals surface area contributed by atoms with Crippen molar-refractivity contribution in [2.45, 2.75) is 91.5 Å². The molecule has 0 radical (unpaired) electrons. The zero-order valence-corrected chi connectivity index (χ0v) is 25.4. The molecule has 4 aliphatic carbocycles. The number of ketones is 1. The normalized spacial score (nSPS) is 40.1. The van der Waals surface area contributed by atoms with Gasteiger partial charge in [-0.1, -0.05) is 45.9 Å². The Kier molecular flexibility index (Phi) is 7.97. The van der Waals surface area contributed by atoms with Gasteiger partial charge < -0.3 is 24.4 Å². The number of allylic oxidation sites excluding steroid dienone is 1. The van der Waals surface area contributed by atoms with E-state index in [0.29, 0.717) is 23.1 Å². The van der Waals surface area contributed by atoms with E-state index < -0.39 is 63.6 Å². The van der Waals surface area contributed by atoms with Crippen molar-refractivity contribution in [3.05, 3.63) is 34.9 Å². The lowest BCUT2D eigenvalue weighted by Gasteiger charge is -2.50. The first kappa shape index (κ1) is 31.2. The molecule has 0 spiro atoms. The lowest BCUT2D eigenvalue weighted by atomic mass is 9.60. The summed E-state index contributed by atoms with van der Waals surface area (Å²) in [4.78, 5) is 51.0. The third kappa shape index (κ3) is 4.60. The second kappa shape index (κ2) is 10.5. The van der Waals surface area contributed by atoms with Gasteiger partial charge in [0.1, 0.15) is 24.4 Å². The maximum absolute atomic E-state index is 13.3. The summed E-state index contributed by atoms with van der Waals surface area (Å²) in [6.07, 6.45) is 5.86. The average Bonchev–Trinajstić information content (AvgIpc) is 3.37. The van der Waals surface area contributed by atoms with Gasteiger partial charge in [-0.3, -0.25) is 14.4 Å². The zero-order valence-electron chi connectivity index (χ0n) is 25.4. The van der Waals surface area contributed by atoms with Gasteiger partial charge in [0.15, 0.2) is 5.78 Å². The molecule has 0 aromatic carbocycles. The number of rotatable bonds is 8. The quantitative estimate of drug-likeness (QED) is 0.193. The van der Waals surface area contributed by atoms with E-state index in [-0.39, 0.29) is 37.9 Å². The lowest BCUT2D eigenvalue weighted by molar-refractivity contribution is -0.185. The highest BCUT2D eigenvalue weighted by Crippen LogP contribution is 2.77. The first-order valence-electron chi connectivity index (χ1n) is 14.6. The van der Waals surface area contributed by atoms with Gasteiger partial charge in [-0.25, -0.2) is 4.79 Å². The number of carbonyl (C=O) groups is 4. The summed E-state index contributed by atoms with van der Waals surface area (Å²) in [5.41, 5.74) is -4.18. The van der Waals surface area contributed by atoms with Crippen LogP contribution in [0.3, 0.4) is 0 Å². The Labute approximate surface area is 242 Å². The van der Waals surface area contributed by atoms with Crippen LogP contribution in [0.2, 0.25) is 0 Å². The van der Waals surface area contributed by atoms with Crippen molar-refractivity contribution in [2.24, 2.45) is 35.0 Å². The third-order valence-corrected chi connectivity index (χ3v) is 10.5. The van der Waals surface area contributed by atoms with Crippen molar-refractivity contribution >= 4 is 23.7 Å². The van der Waals surface area contributed by atoms with E-state index >= 15 is 0 Å². The Morgan fingerprint density at radius 3 is 2.41 bits per heavy atom. The van der Waals surface area contributed by atoms with Crippen LogP contribution in [0.15, 0.2) is 34.9 Å². The van der Waals surface area contributed by atoms with Gasteiger partial charge in [0.2, 0.25) is 0 Å². The van der Waals surface area contributed by atoms with E-state index in [2.05, 4.69) is 0 Å². The highest BCUT2D eigenvalue weighted by atomic mass is 16.6. The minimum atomic E-state index is -1.92. The first-order valence-corrected chi connectivity index (χ1v) is 14.6. The SMILES string of the molecule is CC=C(C)C(=O)O[C@@]12C[C@@H](C)[C@@]3(O)[C@@H](C=C(COC(C)=O)C[C@]4(O)C(=O)C(C)=C[C@@H]34)[C@@H]1[C@@]2(C)COC(=O)C(C)CC. The van der Waals surface area contributed by atoms with Crippen LogP contribution in [-0.2, 0) is 33.4 Å². The molecule has 2 saturated carbocycles. The Morgan fingerprint density at radius 2 is 1.83 bits per heavy atom. The zero-order chi connectivity index (χ0) is 30.7. The van der Waals surface area contributed by atoms with E-state index in [0.717, 1.165) is 0 Å². The molecule has 9 atom stereocenters. The molecule has 0 aromatic rings. The fourth-order valence-electron chi connectivity index (χ4n) is 7.70. The topological polar surface area (TPSA) is 136 Å². The monoisotopic (exact) mass is 572 g/mol. The van der Waals surface area contributed by atoms with Crippen molar-refractivity contribution in [2.75, 3.05) is 13.2 Å². The van der Waals surface area contributed by atoms with Gasteiger partial charge in [0, 0.05) is 42.1 Å². The number of carbonyl (C=O) groups excluding carboxylic acids is 4. The molecule has 1 unspecified atom stereocenters. The summed E-state index contributed by atoms with van der Waals surface area (Å²) in [5.74, 6) is -4.83. The van der Waals surface area contributed by atoms with Crippen LogP contribution >= 0.6 is 0 Å². The Hall–Kier alpha value is -2.78.